The van der Waals surface area contributed by atoms with Crippen molar-refractivity contribution in [3.05, 3.63) is 41.7 Å². The van der Waals surface area contributed by atoms with E-state index >= 15 is 0 Å². The highest BCUT2D eigenvalue weighted by molar-refractivity contribution is 5.57. The van der Waals surface area contributed by atoms with Crippen LogP contribution in [0.25, 0.3) is 0 Å². The Bertz CT molecular complexity index is 369. The maximum absolute atomic E-state index is 2.27. The fourth-order valence-electron chi connectivity index (χ4n) is 1.71. The number of anilines is 1. The first-order valence-corrected chi connectivity index (χ1v) is 4.89. The van der Waals surface area contributed by atoms with E-state index in [1.165, 1.54) is 16.8 Å². The third-order valence-corrected chi connectivity index (χ3v) is 2.55. The summed E-state index contributed by atoms with van der Waals surface area (Å²) >= 11 is 0. The first kappa shape index (κ1) is 9.13. The minimum atomic E-state index is 0.949. The summed E-state index contributed by atoms with van der Waals surface area (Å²) < 4.78 is 0. The van der Waals surface area contributed by atoms with E-state index in [2.05, 4.69) is 61.3 Å². The van der Waals surface area contributed by atoms with Crippen LogP contribution in [0.15, 0.2) is 30.6 Å². The van der Waals surface area contributed by atoms with Crippen molar-refractivity contribution in [2.75, 3.05) is 18.6 Å². The highest BCUT2D eigenvalue weighted by atomic mass is 15.3. The van der Waals surface area contributed by atoms with E-state index in [4.69, 9.17) is 0 Å². The van der Waals surface area contributed by atoms with Gasteiger partial charge < -0.3 is 9.80 Å². The second-order valence-electron chi connectivity index (χ2n) is 3.96. The molecule has 1 aliphatic rings. The van der Waals surface area contributed by atoms with Gasteiger partial charge in [0.2, 0.25) is 0 Å². The minimum absolute atomic E-state index is 0.949. The van der Waals surface area contributed by atoms with Crippen LogP contribution in [0, 0.1) is 13.8 Å². The third kappa shape index (κ3) is 1.60. The van der Waals surface area contributed by atoms with E-state index in [-0.39, 0.29) is 0 Å². The van der Waals surface area contributed by atoms with Crippen molar-refractivity contribution >= 4 is 5.69 Å². The van der Waals surface area contributed by atoms with Gasteiger partial charge in [-0.15, -0.1) is 0 Å². The van der Waals surface area contributed by atoms with Crippen LogP contribution in [-0.2, 0) is 0 Å². The van der Waals surface area contributed by atoms with E-state index in [0.29, 0.717) is 0 Å². The normalized spacial score (nSPS) is 15.4. The lowest BCUT2D eigenvalue weighted by Gasteiger charge is -2.20. The van der Waals surface area contributed by atoms with Gasteiger partial charge in [-0.25, -0.2) is 0 Å². The maximum atomic E-state index is 2.27. The molecular formula is C12H16N2. The Hall–Kier alpha value is -1.44. The summed E-state index contributed by atoms with van der Waals surface area (Å²) in [6, 6.07) is 6.57. The summed E-state index contributed by atoms with van der Waals surface area (Å²) in [6.45, 7) is 5.23. The smallest absolute Gasteiger partial charge is 0.0939 e. The number of benzene rings is 1. The predicted molar refractivity (Wildman–Crippen MR) is 60.2 cm³/mol. The lowest BCUT2D eigenvalue weighted by Crippen LogP contribution is -2.22. The molecule has 1 aromatic carbocycles. The molecule has 0 spiro atoms. The molecule has 74 valence electrons. The zero-order chi connectivity index (χ0) is 10.1. The van der Waals surface area contributed by atoms with Gasteiger partial charge in [-0.05, 0) is 31.0 Å². The molecule has 1 heterocycles. The lowest BCUT2D eigenvalue weighted by atomic mass is 10.1. The average Bonchev–Trinajstić information content (AvgIpc) is 2.56. The van der Waals surface area contributed by atoms with Gasteiger partial charge >= 0.3 is 0 Å². The Kier molecular flexibility index (Phi) is 2.20. The first-order valence-electron chi connectivity index (χ1n) is 4.89. The number of hydrogen-bond acceptors (Lipinski definition) is 2. The molecule has 0 aromatic heterocycles. The van der Waals surface area contributed by atoms with Crippen LogP contribution in [0.4, 0.5) is 5.69 Å². The standard InChI is InChI=1S/C12H16N2/c1-10-4-5-11(2)12(8-10)14-7-6-13(3)9-14/h4-8H,9H2,1-3H3. The molecule has 1 aliphatic heterocycles. The summed E-state index contributed by atoms with van der Waals surface area (Å²) in [5, 5.41) is 0. The zero-order valence-corrected chi connectivity index (χ0v) is 8.99. The summed E-state index contributed by atoms with van der Waals surface area (Å²) in [5.41, 5.74) is 3.95. The lowest BCUT2D eigenvalue weighted by molar-refractivity contribution is 0.495. The van der Waals surface area contributed by atoms with Crippen molar-refractivity contribution in [3.63, 3.8) is 0 Å². The number of hydrogen-bond donors (Lipinski definition) is 0. The molecule has 0 atom stereocenters. The van der Waals surface area contributed by atoms with E-state index in [9.17, 15) is 0 Å². The number of rotatable bonds is 1. The van der Waals surface area contributed by atoms with Crippen molar-refractivity contribution < 1.29 is 0 Å². The van der Waals surface area contributed by atoms with Gasteiger partial charge in [0.1, 0.15) is 0 Å². The Balaban J connectivity index is 2.32. The Morgan fingerprint density at radius 2 is 1.93 bits per heavy atom. The Morgan fingerprint density at radius 3 is 2.57 bits per heavy atom. The van der Waals surface area contributed by atoms with Crippen LogP contribution in [0.3, 0.4) is 0 Å². The molecule has 0 N–H and O–H groups in total. The second-order valence-corrected chi connectivity index (χ2v) is 3.96. The van der Waals surface area contributed by atoms with Crippen molar-refractivity contribution in [2.45, 2.75) is 13.8 Å². The van der Waals surface area contributed by atoms with Crippen LogP contribution in [0.5, 0.6) is 0 Å². The molecule has 0 aliphatic carbocycles. The van der Waals surface area contributed by atoms with Crippen molar-refractivity contribution in [1.29, 1.82) is 0 Å². The molecule has 0 radical (unpaired) electrons. The highest BCUT2D eigenvalue weighted by Crippen LogP contribution is 2.23. The first-order chi connectivity index (χ1) is 6.66. The monoisotopic (exact) mass is 188 g/mol. The molecular weight excluding hydrogens is 172 g/mol. The molecule has 0 amide bonds. The van der Waals surface area contributed by atoms with E-state index in [1.807, 2.05) is 0 Å². The molecule has 0 saturated heterocycles. The van der Waals surface area contributed by atoms with Gasteiger partial charge in [0, 0.05) is 25.1 Å². The fraction of sp³-hybridized carbons (Fsp3) is 0.333. The highest BCUT2D eigenvalue weighted by Gasteiger charge is 2.12. The van der Waals surface area contributed by atoms with Gasteiger partial charge in [-0.1, -0.05) is 12.1 Å². The zero-order valence-electron chi connectivity index (χ0n) is 8.99. The van der Waals surface area contributed by atoms with Crippen LogP contribution in [0.1, 0.15) is 11.1 Å². The Morgan fingerprint density at radius 1 is 1.14 bits per heavy atom. The summed E-state index contributed by atoms with van der Waals surface area (Å²) in [4.78, 5) is 4.43. The van der Waals surface area contributed by atoms with Gasteiger partial charge in [-0.3, -0.25) is 0 Å². The third-order valence-electron chi connectivity index (χ3n) is 2.55. The summed E-state index contributed by atoms with van der Waals surface area (Å²) in [5.74, 6) is 0. The molecule has 0 saturated carbocycles. The van der Waals surface area contributed by atoms with Crippen LogP contribution < -0.4 is 4.90 Å². The topological polar surface area (TPSA) is 6.48 Å². The van der Waals surface area contributed by atoms with Crippen LogP contribution in [-0.4, -0.2) is 18.6 Å². The molecule has 2 rings (SSSR count). The molecule has 0 bridgehead atoms. The van der Waals surface area contributed by atoms with Crippen molar-refractivity contribution in [3.8, 4) is 0 Å². The molecule has 0 unspecified atom stereocenters. The van der Waals surface area contributed by atoms with E-state index in [1.54, 1.807) is 0 Å². The molecule has 2 heteroatoms. The van der Waals surface area contributed by atoms with Crippen LogP contribution in [0.2, 0.25) is 0 Å². The quantitative estimate of drug-likeness (QED) is 0.668. The van der Waals surface area contributed by atoms with Crippen LogP contribution >= 0.6 is 0 Å². The van der Waals surface area contributed by atoms with Gasteiger partial charge in [0.15, 0.2) is 0 Å². The predicted octanol–water partition coefficient (Wildman–Crippen LogP) is 2.48. The fourth-order valence-corrected chi connectivity index (χ4v) is 1.71. The van der Waals surface area contributed by atoms with Gasteiger partial charge in [-0.2, -0.15) is 0 Å². The minimum Gasteiger partial charge on any atom is -0.361 e. The molecule has 2 nitrogen and oxygen atoms in total. The molecule has 14 heavy (non-hydrogen) atoms. The maximum Gasteiger partial charge on any atom is 0.0939 e. The molecule has 0 fully saturated rings. The van der Waals surface area contributed by atoms with Crippen molar-refractivity contribution in [1.82, 2.24) is 4.90 Å². The average molecular weight is 188 g/mol. The SMILES string of the molecule is Cc1ccc(C)c(N2C=CN(C)C2)c1. The van der Waals surface area contributed by atoms with Gasteiger partial charge in [0.25, 0.3) is 0 Å². The number of nitrogens with zero attached hydrogens (tertiary/aromatic N) is 2. The number of aryl methyl sites for hydroxylation is 2. The summed E-state index contributed by atoms with van der Waals surface area (Å²) in [7, 11) is 2.08. The second kappa shape index (κ2) is 3.37. The Labute approximate surface area is 85.4 Å². The van der Waals surface area contributed by atoms with E-state index in [0.717, 1.165) is 6.67 Å². The van der Waals surface area contributed by atoms with E-state index < -0.39 is 0 Å². The van der Waals surface area contributed by atoms with Crippen molar-refractivity contribution in [2.24, 2.45) is 0 Å². The largest absolute Gasteiger partial charge is 0.361 e. The molecule has 1 aromatic rings. The summed E-state index contributed by atoms with van der Waals surface area (Å²) in [6.07, 6.45) is 4.23. The van der Waals surface area contributed by atoms with Gasteiger partial charge in [0.05, 0.1) is 6.67 Å².